The van der Waals surface area contributed by atoms with Crippen molar-refractivity contribution in [3.05, 3.63) is 41.7 Å². The average Bonchev–Trinajstić information content (AvgIpc) is 2.81. The smallest absolute Gasteiger partial charge is 0.376 e. The summed E-state index contributed by atoms with van der Waals surface area (Å²) >= 11 is 0. The van der Waals surface area contributed by atoms with Gasteiger partial charge in [0, 0.05) is 6.20 Å². The van der Waals surface area contributed by atoms with Gasteiger partial charge in [0.2, 0.25) is 5.82 Å². The Hall–Kier alpha value is -2.24. The van der Waals surface area contributed by atoms with Gasteiger partial charge in [-0.3, -0.25) is 9.55 Å². The Labute approximate surface area is 111 Å². The van der Waals surface area contributed by atoms with Gasteiger partial charge in [0.1, 0.15) is 5.82 Å². The summed E-state index contributed by atoms with van der Waals surface area (Å²) in [5.74, 6) is 0.393. The molecule has 6 nitrogen and oxygen atoms in total. The van der Waals surface area contributed by atoms with E-state index in [1.54, 1.807) is 24.6 Å². The molecule has 1 unspecified atom stereocenters. The van der Waals surface area contributed by atoms with Crippen LogP contribution < -0.4 is 0 Å². The average molecular weight is 260 g/mol. The molecule has 0 saturated carbocycles. The van der Waals surface area contributed by atoms with Crippen LogP contribution in [0, 0.1) is 6.92 Å². The SMILES string of the molecule is CCOC(=O)c1nnc(C)n1C(C)c1ccccn1. The minimum absolute atomic E-state index is 0.129. The maximum atomic E-state index is 11.8. The lowest BCUT2D eigenvalue weighted by molar-refractivity contribution is 0.0504. The summed E-state index contributed by atoms with van der Waals surface area (Å²) in [7, 11) is 0. The van der Waals surface area contributed by atoms with Gasteiger partial charge >= 0.3 is 5.97 Å². The van der Waals surface area contributed by atoms with Crippen LogP contribution >= 0.6 is 0 Å². The van der Waals surface area contributed by atoms with Crippen molar-refractivity contribution < 1.29 is 9.53 Å². The van der Waals surface area contributed by atoms with Gasteiger partial charge in [0.05, 0.1) is 18.3 Å². The number of carbonyl (C=O) groups is 1. The molecule has 2 rings (SSSR count). The Bertz CT molecular complexity index is 565. The van der Waals surface area contributed by atoms with Crippen molar-refractivity contribution in [1.29, 1.82) is 0 Å². The third-order valence-corrected chi connectivity index (χ3v) is 2.83. The first-order valence-corrected chi connectivity index (χ1v) is 6.14. The lowest BCUT2D eigenvalue weighted by Gasteiger charge is -2.15. The molecule has 19 heavy (non-hydrogen) atoms. The third kappa shape index (κ3) is 2.62. The fourth-order valence-electron chi connectivity index (χ4n) is 1.92. The highest BCUT2D eigenvalue weighted by Crippen LogP contribution is 2.19. The van der Waals surface area contributed by atoms with Crippen LogP contribution in [0.1, 0.15) is 42.0 Å². The fraction of sp³-hybridized carbons (Fsp3) is 0.385. The zero-order chi connectivity index (χ0) is 13.8. The Morgan fingerprint density at radius 1 is 1.42 bits per heavy atom. The van der Waals surface area contributed by atoms with E-state index < -0.39 is 5.97 Å². The number of hydrogen-bond acceptors (Lipinski definition) is 5. The molecule has 0 spiro atoms. The standard InChI is InChI=1S/C13H16N4O2/c1-4-19-13(18)12-16-15-10(3)17(12)9(2)11-7-5-6-8-14-11/h5-9H,4H2,1-3H3. The number of aromatic nitrogens is 4. The van der Waals surface area contributed by atoms with Crippen molar-refractivity contribution in [3.8, 4) is 0 Å². The van der Waals surface area contributed by atoms with Gasteiger partial charge in [-0.05, 0) is 32.9 Å². The first kappa shape index (κ1) is 13.2. The first-order valence-electron chi connectivity index (χ1n) is 6.14. The van der Waals surface area contributed by atoms with Gasteiger partial charge in [0.15, 0.2) is 0 Å². The number of rotatable bonds is 4. The molecule has 0 fully saturated rings. The molecule has 0 aromatic carbocycles. The molecular weight excluding hydrogens is 244 g/mol. The Kier molecular flexibility index (Phi) is 3.89. The molecule has 0 aliphatic carbocycles. The number of nitrogens with zero attached hydrogens (tertiary/aromatic N) is 4. The van der Waals surface area contributed by atoms with E-state index in [1.807, 2.05) is 25.1 Å². The second kappa shape index (κ2) is 5.60. The molecule has 0 bridgehead atoms. The topological polar surface area (TPSA) is 69.9 Å². The lowest BCUT2D eigenvalue weighted by atomic mass is 10.2. The molecule has 1 atom stereocenters. The molecule has 0 radical (unpaired) electrons. The van der Waals surface area contributed by atoms with Gasteiger partial charge in [-0.2, -0.15) is 0 Å². The number of aryl methyl sites for hydroxylation is 1. The predicted octanol–water partition coefficient (Wildman–Crippen LogP) is 1.77. The number of pyridine rings is 1. The molecular formula is C13H16N4O2. The normalized spacial score (nSPS) is 12.2. The zero-order valence-electron chi connectivity index (χ0n) is 11.2. The molecule has 0 amide bonds. The van der Waals surface area contributed by atoms with E-state index >= 15 is 0 Å². The van der Waals surface area contributed by atoms with Crippen LogP contribution in [0.4, 0.5) is 0 Å². The van der Waals surface area contributed by atoms with Crippen LogP contribution in [-0.2, 0) is 4.74 Å². The van der Waals surface area contributed by atoms with E-state index in [2.05, 4.69) is 15.2 Å². The number of esters is 1. The number of carbonyl (C=O) groups excluding carboxylic acids is 1. The second-order valence-corrected chi connectivity index (χ2v) is 4.09. The van der Waals surface area contributed by atoms with Crippen molar-refractivity contribution in [2.75, 3.05) is 6.61 Å². The highest BCUT2D eigenvalue weighted by Gasteiger charge is 2.23. The predicted molar refractivity (Wildman–Crippen MR) is 68.8 cm³/mol. The molecule has 0 aliphatic rings. The van der Waals surface area contributed by atoms with Crippen LogP contribution in [0.2, 0.25) is 0 Å². The molecule has 0 N–H and O–H groups in total. The summed E-state index contributed by atoms with van der Waals surface area (Å²) in [6.07, 6.45) is 1.72. The van der Waals surface area contributed by atoms with Crippen molar-refractivity contribution in [2.45, 2.75) is 26.8 Å². The lowest BCUT2D eigenvalue weighted by Crippen LogP contribution is -2.18. The quantitative estimate of drug-likeness (QED) is 0.783. The van der Waals surface area contributed by atoms with Crippen LogP contribution in [0.3, 0.4) is 0 Å². The minimum Gasteiger partial charge on any atom is -0.460 e. The highest BCUT2D eigenvalue weighted by atomic mass is 16.5. The summed E-state index contributed by atoms with van der Waals surface area (Å²) in [5, 5.41) is 7.84. The third-order valence-electron chi connectivity index (χ3n) is 2.83. The van der Waals surface area contributed by atoms with Gasteiger partial charge in [-0.1, -0.05) is 6.07 Å². The summed E-state index contributed by atoms with van der Waals surface area (Å²) in [6, 6.07) is 5.53. The van der Waals surface area contributed by atoms with E-state index in [4.69, 9.17) is 4.74 Å². The van der Waals surface area contributed by atoms with E-state index in [1.165, 1.54) is 0 Å². The van der Waals surface area contributed by atoms with Gasteiger partial charge < -0.3 is 4.74 Å². The Morgan fingerprint density at radius 3 is 2.84 bits per heavy atom. The number of hydrogen-bond donors (Lipinski definition) is 0. The Balaban J connectivity index is 2.39. The van der Waals surface area contributed by atoms with E-state index in [9.17, 15) is 4.79 Å². The maximum Gasteiger partial charge on any atom is 0.376 e. The number of ether oxygens (including phenoxy) is 1. The summed E-state index contributed by atoms with van der Waals surface area (Å²) in [6.45, 7) is 5.81. The summed E-state index contributed by atoms with van der Waals surface area (Å²) < 4.78 is 6.72. The second-order valence-electron chi connectivity index (χ2n) is 4.09. The van der Waals surface area contributed by atoms with Gasteiger partial charge in [-0.25, -0.2) is 4.79 Å². The first-order chi connectivity index (χ1) is 9.15. The fourth-order valence-corrected chi connectivity index (χ4v) is 1.92. The minimum atomic E-state index is -0.467. The molecule has 2 aromatic heterocycles. The highest BCUT2D eigenvalue weighted by molar-refractivity contribution is 5.85. The zero-order valence-corrected chi connectivity index (χ0v) is 11.2. The van der Waals surface area contributed by atoms with E-state index in [0.29, 0.717) is 12.4 Å². The molecule has 6 heteroatoms. The summed E-state index contributed by atoms with van der Waals surface area (Å²) in [4.78, 5) is 16.1. The molecule has 2 heterocycles. The van der Waals surface area contributed by atoms with Crippen molar-refractivity contribution in [3.63, 3.8) is 0 Å². The van der Waals surface area contributed by atoms with Crippen LogP contribution in [-0.4, -0.2) is 32.3 Å². The van der Waals surface area contributed by atoms with E-state index in [0.717, 1.165) is 5.69 Å². The van der Waals surface area contributed by atoms with Crippen molar-refractivity contribution in [1.82, 2.24) is 19.7 Å². The largest absolute Gasteiger partial charge is 0.460 e. The van der Waals surface area contributed by atoms with Crippen LogP contribution in [0.15, 0.2) is 24.4 Å². The molecule has 0 aliphatic heterocycles. The molecule has 100 valence electrons. The van der Waals surface area contributed by atoms with E-state index in [-0.39, 0.29) is 11.9 Å². The van der Waals surface area contributed by atoms with Crippen molar-refractivity contribution >= 4 is 5.97 Å². The molecule has 2 aromatic rings. The molecule has 0 saturated heterocycles. The van der Waals surface area contributed by atoms with Crippen LogP contribution in [0.5, 0.6) is 0 Å². The monoisotopic (exact) mass is 260 g/mol. The van der Waals surface area contributed by atoms with Crippen molar-refractivity contribution in [2.24, 2.45) is 0 Å². The summed E-state index contributed by atoms with van der Waals surface area (Å²) in [5.41, 5.74) is 0.843. The van der Waals surface area contributed by atoms with Gasteiger partial charge in [0.25, 0.3) is 0 Å². The van der Waals surface area contributed by atoms with Crippen LogP contribution in [0.25, 0.3) is 0 Å². The van der Waals surface area contributed by atoms with Gasteiger partial charge in [-0.15, -0.1) is 10.2 Å². The maximum absolute atomic E-state index is 11.8. The Morgan fingerprint density at radius 2 is 2.21 bits per heavy atom.